The van der Waals surface area contributed by atoms with Gasteiger partial charge in [-0.3, -0.25) is 9.69 Å². The van der Waals surface area contributed by atoms with Crippen LogP contribution in [-0.4, -0.2) is 72.3 Å². The Labute approximate surface area is 166 Å². The Morgan fingerprint density at radius 1 is 1.00 bits per heavy atom. The van der Waals surface area contributed by atoms with E-state index in [9.17, 15) is 41.0 Å². The number of hydrogen-bond donors (Lipinski definition) is 2. The number of morpholine rings is 1. The number of carbonyl (C=O) groups is 2. The zero-order chi connectivity index (χ0) is 22.7. The molecule has 2 N–H and O–H groups in total. The van der Waals surface area contributed by atoms with E-state index in [0.717, 1.165) is 17.0 Å². The maximum absolute atomic E-state index is 13.0. The Kier molecular flexibility index (Phi) is 6.87. The molecule has 7 nitrogen and oxygen atoms in total. The van der Waals surface area contributed by atoms with Crippen molar-refractivity contribution in [2.24, 2.45) is 0 Å². The molecule has 1 heterocycles. The highest BCUT2D eigenvalue weighted by Crippen LogP contribution is 2.50. The molecule has 1 saturated heterocycles. The number of halogens is 6. The minimum absolute atomic E-state index is 0.122. The van der Waals surface area contributed by atoms with Crippen molar-refractivity contribution >= 4 is 17.7 Å². The summed E-state index contributed by atoms with van der Waals surface area (Å²) in [6.07, 6.45) is -12.6. The third-order valence-electron chi connectivity index (χ3n) is 4.48. The molecule has 1 aliphatic rings. The van der Waals surface area contributed by atoms with Gasteiger partial charge in [0.1, 0.15) is 0 Å². The fourth-order valence-electron chi connectivity index (χ4n) is 2.84. The zero-order valence-corrected chi connectivity index (χ0v) is 15.3. The van der Waals surface area contributed by atoms with E-state index in [4.69, 9.17) is 9.84 Å². The number of urea groups is 1. The standard InChI is InChI=1S/C17H18F6N2O5/c18-16(19,20)15(29,17(21,22)23)11-1-3-12(4-2-11)25(6-5-13(26)27)14(28)24-7-9-30-10-8-24/h1-4,29H,5-10H2,(H,26,27). The molecule has 0 bridgehead atoms. The van der Waals surface area contributed by atoms with Gasteiger partial charge in [-0.25, -0.2) is 4.79 Å². The highest BCUT2D eigenvalue weighted by atomic mass is 19.4. The van der Waals surface area contributed by atoms with E-state index in [0.29, 0.717) is 12.1 Å². The van der Waals surface area contributed by atoms with Gasteiger partial charge < -0.3 is 19.8 Å². The molecule has 0 aromatic heterocycles. The van der Waals surface area contributed by atoms with Crippen molar-refractivity contribution in [2.75, 3.05) is 37.7 Å². The van der Waals surface area contributed by atoms with E-state index >= 15 is 0 Å². The molecular formula is C17H18F6N2O5. The molecular weight excluding hydrogens is 426 g/mol. The number of hydrogen-bond acceptors (Lipinski definition) is 4. The van der Waals surface area contributed by atoms with Crippen LogP contribution in [0.3, 0.4) is 0 Å². The Hall–Kier alpha value is -2.54. The molecule has 30 heavy (non-hydrogen) atoms. The zero-order valence-electron chi connectivity index (χ0n) is 15.3. The summed E-state index contributed by atoms with van der Waals surface area (Å²) in [5, 5.41) is 18.3. The number of carboxylic acid groups (broad SMARTS) is 1. The molecule has 2 amide bonds. The maximum Gasteiger partial charge on any atom is 0.430 e. The van der Waals surface area contributed by atoms with Crippen molar-refractivity contribution in [1.29, 1.82) is 0 Å². The van der Waals surface area contributed by atoms with Crippen LogP contribution < -0.4 is 4.90 Å². The number of anilines is 1. The molecule has 2 rings (SSSR count). The van der Waals surface area contributed by atoms with Gasteiger partial charge in [-0.1, -0.05) is 12.1 Å². The lowest BCUT2D eigenvalue weighted by atomic mass is 9.92. The second-order valence-corrected chi connectivity index (χ2v) is 6.43. The molecule has 13 heteroatoms. The molecule has 0 unspecified atom stereocenters. The normalized spacial score (nSPS) is 15.8. The Balaban J connectivity index is 2.38. The third-order valence-corrected chi connectivity index (χ3v) is 4.48. The van der Waals surface area contributed by atoms with Gasteiger partial charge in [0.05, 0.1) is 19.6 Å². The summed E-state index contributed by atoms with van der Waals surface area (Å²) in [6, 6.07) is 1.71. The first-order valence-electron chi connectivity index (χ1n) is 8.61. The van der Waals surface area contributed by atoms with Crippen molar-refractivity contribution in [3.8, 4) is 0 Å². The number of carboxylic acids is 1. The predicted molar refractivity (Wildman–Crippen MR) is 89.8 cm³/mol. The summed E-state index contributed by atoms with van der Waals surface area (Å²) in [7, 11) is 0. The summed E-state index contributed by atoms with van der Waals surface area (Å²) >= 11 is 0. The minimum Gasteiger partial charge on any atom is -0.481 e. The lowest BCUT2D eigenvalue weighted by Crippen LogP contribution is -2.54. The molecule has 0 atom stereocenters. The van der Waals surface area contributed by atoms with Crippen LogP contribution >= 0.6 is 0 Å². The second-order valence-electron chi connectivity index (χ2n) is 6.43. The topological polar surface area (TPSA) is 90.3 Å². The van der Waals surface area contributed by atoms with Crippen molar-refractivity contribution < 1.29 is 50.9 Å². The molecule has 1 aromatic rings. The smallest absolute Gasteiger partial charge is 0.430 e. The number of aliphatic carboxylic acids is 1. The van der Waals surface area contributed by atoms with Gasteiger partial charge in [0.15, 0.2) is 0 Å². The molecule has 0 spiro atoms. The maximum atomic E-state index is 13.0. The summed E-state index contributed by atoms with van der Waals surface area (Å²) in [5.74, 6) is -1.25. The SMILES string of the molecule is O=C(O)CCN(C(=O)N1CCOCC1)c1ccc(C(O)(C(F)(F)F)C(F)(F)F)cc1. The average molecular weight is 444 g/mol. The fraction of sp³-hybridized carbons (Fsp3) is 0.529. The average Bonchev–Trinajstić information content (AvgIpc) is 2.66. The van der Waals surface area contributed by atoms with Gasteiger partial charge in [0, 0.05) is 30.9 Å². The number of nitrogens with zero attached hydrogens (tertiary/aromatic N) is 2. The van der Waals surface area contributed by atoms with E-state index in [-0.39, 0.29) is 38.5 Å². The largest absolute Gasteiger partial charge is 0.481 e. The first kappa shape index (κ1) is 23.7. The number of rotatable bonds is 5. The van der Waals surface area contributed by atoms with Crippen LogP contribution in [0.1, 0.15) is 12.0 Å². The molecule has 1 fully saturated rings. The van der Waals surface area contributed by atoms with Crippen molar-refractivity contribution in [3.63, 3.8) is 0 Å². The van der Waals surface area contributed by atoms with E-state index in [1.54, 1.807) is 0 Å². The van der Waals surface area contributed by atoms with Crippen LogP contribution in [0.2, 0.25) is 0 Å². The number of alkyl halides is 6. The molecule has 0 radical (unpaired) electrons. The number of aliphatic hydroxyl groups is 1. The second kappa shape index (κ2) is 8.68. The summed E-state index contributed by atoms with van der Waals surface area (Å²) in [6.45, 7) is 0.446. The number of carbonyl (C=O) groups excluding carboxylic acids is 1. The van der Waals surface area contributed by atoms with Crippen LogP contribution in [0.4, 0.5) is 36.8 Å². The predicted octanol–water partition coefficient (Wildman–Crippen LogP) is 2.73. The van der Waals surface area contributed by atoms with Crippen molar-refractivity contribution in [3.05, 3.63) is 29.8 Å². The lowest BCUT2D eigenvalue weighted by Gasteiger charge is -2.34. The number of ether oxygens (including phenoxy) is 1. The minimum atomic E-state index is -6.04. The Morgan fingerprint density at radius 3 is 1.93 bits per heavy atom. The van der Waals surface area contributed by atoms with Crippen molar-refractivity contribution in [1.82, 2.24) is 4.90 Å². The van der Waals surface area contributed by atoms with Crippen LogP contribution in [-0.2, 0) is 15.1 Å². The molecule has 0 aliphatic carbocycles. The summed E-state index contributed by atoms with van der Waals surface area (Å²) < 4.78 is 83.1. The van der Waals surface area contributed by atoms with Gasteiger partial charge in [-0.15, -0.1) is 0 Å². The van der Waals surface area contributed by atoms with E-state index in [1.165, 1.54) is 4.90 Å². The highest BCUT2D eigenvalue weighted by Gasteiger charge is 2.71. The van der Waals surface area contributed by atoms with Crippen LogP contribution in [0.5, 0.6) is 0 Å². The van der Waals surface area contributed by atoms with Crippen LogP contribution in [0, 0.1) is 0 Å². The summed E-state index contributed by atoms with van der Waals surface area (Å²) in [5.41, 5.74) is -6.70. The van der Waals surface area contributed by atoms with Gasteiger partial charge >= 0.3 is 24.4 Å². The van der Waals surface area contributed by atoms with Crippen molar-refractivity contribution in [2.45, 2.75) is 24.4 Å². The molecule has 1 aliphatic heterocycles. The molecule has 168 valence electrons. The highest BCUT2D eigenvalue weighted by molar-refractivity contribution is 5.92. The fourth-order valence-corrected chi connectivity index (χ4v) is 2.84. The lowest BCUT2D eigenvalue weighted by molar-refractivity contribution is -0.376. The van der Waals surface area contributed by atoms with Gasteiger partial charge in [0.25, 0.3) is 5.60 Å². The number of benzene rings is 1. The molecule has 1 aromatic carbocycles. The van der Waals surface area contributed by atoms with E-state index in [1.807, 2.05) is 0 Å². The number of amides is 2. The van der Waals surface area contributed by atoms with Gasteiger partial charge in [0.2, 0.25) is 0 Å². The van der Waals surface area contributed by atoms with E-state index < -0.39 is 41.9 Å². The quantitative estimate of drug-likeness (QED) is 0.682. The third kappa shape index (κ3) is 4.78. The molecule has 0 saturated carbocycles. The van der Waals surface area contributed by atoms with Gasteiger partial charge in [-0.2, -0.15) is 26.3 Å². The van der Waals surface area contributed by atoms with Crippen LogP contribution in [0.25, 0.3) is 0 Å². The first-order chi connectivity index (χ1) is 13.8. The van der Waals surface area contributed by atoms with Crippen LogP contribution in [0.15, 0.2) is 24.3 Å². The Morgan fingerprint density at radius 2 is 1.50 bits per heavy atom. The van der Waals surface area contributed by atoms with E-state index in [2.05, 4.69) is 0 Å². The summed E-state index contributed by atoms with van der Waals surface area (Å²) in [4.78, 5) is 25.8. The monoisotopic (exact) mass is 444 g/mol. The first-order valence-corrected chi connectivity index (χ1v) is 8.61. The van der Waals surface area contributed by atoms with Gasteiger partial charge in [-0.05, 0) is 12.1 Å². The Bertz CT molecular complexity index is 745.